The molecule has 84 valence electrons. The molecule has 0 N–H and O–H groups in total. The summed E-state index contributed by atoms with van der Waals surface area (Å²) in [5.41, 5.74) is 0. The van der Waals surface area contributed by atoms with Crippen LogP contribution < -0.4 is 0 Å². The van der Waals surface area contributed by atoms with E-state index < -0.39 is 0 Å². The van der Waals surface area contributed by atoms with Crippen molar-refractivity contribution in [2.45, 2.75) is 64.5 Å². The molecule has 0 aromatic rings. The van der Waals surface area contributed by atoms with Gasteiger partial charge in [-0.3, -0.25) is 4.79 Å². The highest BCUT2D eigenvalue weighted by molar-refractivity contribution is 8.00. The molecule has 0 fully saturated rings. The normalized spacial score (nSPS) is 12.8. The van der Waals surface area contributed by atoms with Gasteiger partial charge in [0.15, 0.2) is 0 Å². The molecule has 0 aliphatic carbocycles. The Bertz CT molecular complexity index is 145. The van der Waals surface area contributed by atoms with Gasteiger partial charge in [0, 0.05) is 0 Å². The Kier molecular flexibility index (Phi) is 9.58. The first kappa shape index (κ1) is 14.0. The van der Waals surface area contributed by atoms with E-state index in [9.17, 15) is 4.79 Å². The fourth-order valence-corrected chi connectivity index (χ4v) is 2.59. The van der Waals surface area contributed by atoms with Crippen molar-refractivity contribution in [3.8, 4) is 0 Å². The molecule has 2 heteroatoms. The highest BCUT2D eigenvalue weighted by atomic mass is 32.2. The second-order valence-electron chi connectivity index (χ2n) is 3.82. The van der Waals surface area contributed by atoms with E-state index in [1.165, 1.54) is 32.1 Å². The highest BCUT2D eigenvalue weighted by Gasteiger charge is 2.12. The first-order chi connectivity index (χ1) is 6.72. The van der Waals surface area contributed by atoms with Gasteiger partial charge in [-0.15, -0.1) is 0 Å². The van der Waals surface area contributed by atoms with Gasteiger partial charge in [-0.05, 0) is 25.5 Å². The predicted molar refractivity (Wildman–Crippen MR) is 66.0 cm³/mol. The molecule has 0 aliphatic heterocycles. The maximum atomic E-state index is 11.3. The van der Waals surface area contributed by atoms with E-state index >= 15 is 0 Å². The average Bonchev–Trinajstić information content (AvgIpc) is 2.16. The molecule has 0 amide bonds. The maximum Gasteiger partial charge on any atom is 0.142 e. The van der Waals surface area contributed by atoms with Crippen LogP contribution in [0.3, 0.4) is 0 Å². The Hall–Kier alpha value is 0.0200. The SMILES string of the molecule is CCCCCSC(CCCC)C(C)=O. The van der Waals surface area contributed by atoms with Gasteiger partial charge in [-0.25, -0.2) is 0 Å². The Balaban J connectivity index is 3.57. The molecular weight excluding hydrogens is 192 g/mol. The van der Waals surface area contributed by atoms with Crippen molar-refractivity contribution in [1.29, 1.82) is 0 Å². The molecule has 1 atom stereocenters. The van der Waals surface area contributed by atoms with Crippen LogP contribution in [0.4, 0.5) is 0 Å². The van der Waals surface area contributed by atoms with Crippen molar-refractivity contribution in [1.82, 2.24) is 0 Å². The lowest BCUT2D eigenvalue weighted by atomic mass is 10.1. The van der Waals surface area contributed by atoms with Gasteiger partial charge in [0.25, 0.3) is 0 Å². The zero-order chi connectivity index (χ0) is 10.8. The molecule has 0 heterocycles. The second-order valence-corrected chi connectivity index (χ2v) is 5.13. The molecule has 0 aliphatic rings. The molecule has 0 saturated carbocycles. The average molecular weight is 216 g/mol. The van der Waals surface area contributed by atoms with E-state index in [1.807, 2.05) is 11.8 Å². The zero-order valence-electron chi connectivity index (χ0n) is 9.84. The summed E-state index contributed by atoms with van der Waals surface area (Å²) >= 11 is 1.86. The van der Waals surface area contributed by atoms with Crippen LogP contribution in [0.25, 0.3) is 0 Å². The Labute approximate surface area is 93.0 Å². The Morgan fingerprint density at radius 1 is 1.14 bits per heavy atom. The lowest BCUT2D eigenvalue weighted by Gasteiger charge is -2.12. The summed E-state index contributed by atoms with van der Waals surface area (Å²) < 4.78 is 0. The monoisotopic (exact) mass is 216 g/mol. The summed E-state index contributed by atoms with van der Waals surface area (Å²) in [6, 6.07) is 0. The predicted octanol–water partition coefficient (Wildman–Crippen LogP) is 4.06. The number of hydrogen-bond acceptors (Lipinski definition) is 2. The van der Waals surface area contributed by atoms with E-state index in [1.54, 1.807) is 6.92 Å². The van der Waals surface area contributed by atoms with E-state index in [0.717, 1.165) is 12.2 Å². The molecule has 0 radical (unpaired) electrons. The smallest absolute Gasteiger partial charge is 0.142 e. The Morgan fingerprint density at radius 3 is 2.29 bits per heavy atom. The number of hydrogen-bond donors (Lipinski definition) is 0. The highest BCUT2D eigenvalue weighted by Crippen LogP contribution is 2.20. The van der Waals surface area contributed by atoms with E-state index in [4.69, 9.17) is 0 Å². The fourth-order valence-electron chi connectivity index (χ4n) is 1.37. The second kappa shape index (κ2) is 9.57. The summed E-state index contributed by atoms with van der Waals surface area (Å²) in [4.78, 5) is 11.3. The summed E-state index contributed by atoms with van der Waals surface area (Å²) in [6.07, 6.45) is 7.27. The first-order valence-corrected chi connectivity index (χ1v) is 6.89. The number of unbranched alkanes of at least 4 members (excludes halogenated alkanes) is 3. The van der Waals surface area contributed by atoms with Crippen molar-refractivity contribution >= 4 is 17.5 Å². The topological polar surface area (TPSA) is 17.1 Å². The lowest BCUT2D eigenvalue weighted by molar-refractivity contribution is -0.116. The minimum absolute atomic E-state index is 0.270. The van der Waals surface area contributed by atoms with Crippen molar-refractivity contribution in [3.05, 3.63) is 0 Å². The third-order valence-electron chi connectivity index (χ3n) is 2.34. The van der Waals surface area contributed by atoms with Crippen LogP contribution in [-0.2, 0) is 4.79 Å². The summed E-state index contributed by atoms with van der Waals surface area (Å²) in [5, 5.41) is 0.270. The number of ketones is 1. The van der Waals surface area contributed by atoms with E-state index in [0.29, 0.717) is 5.78 Å². The molecular formula is C12H24OS. The van der Waals surface area contributed by atoms with Crippen LogP contribution >= 0.6 is 11.8 Å². The number of rotatable bonds is 9. The van der Waals surface area contributed by atoms with Gasteiger partial charge < -0.3 is 0 Å². The minimum Gasteiger partial charge on any atom is -0.299 e. The summed E-state index contributed by atoms with van der Waals surface area (Å²) in [6.45, 7) is 6.12. The lowest BCUT2D eigenvalue weighted by Crippen LogP contribution is -2.14. The van der Waals surface area contributed by atoms with Gasteiger partial charge in [0.2, 0.25) is 0 Å². The number of carbonyl (C=O) groups is 1. The number of Topliss-reactive ketones (excluding diaryl/α,β-unsaturated/α-hetero) is 1. The molecule has 0 rings (SSSR count). The van der Waals surface area contributed by atoms with Crippen LogP contribution in [0.1, 0.15) is 59.3 Å². The van der Waals surface area contributed by atoms with Crippen molar-refractivity contribution in [2.24, 2.45) is 0 Å². The quantitative estimate of drug-likeness (QED) is 0.541. The van der Waals surface area contributed by atoms with Gasteiger partial charge in [-0.1, -0.05) is 39.5 Å². The fraction of sp³-hybridized carbons (Fsp3) is 0.917. The molecule has 1 nitrogen and oxygen atoms in total. The molecule has 0 aromatic heterocycles. The molecule has 0 bridgehead atoms. The standard InChI is InChI=1S/C12H24OS/c1-4-6-8-10-14-12(11(3)13)9-7-5-2/h12H,4-10H2,1-3H3. The molecule has 1 unspecified atom stereocenters. The van der Waals surface area contributed by atoms with Crippen molar-refractivity contribution < 1.29 is 4.79 Å². The van der Waals surface area contributed by atoms with Gasteiger partial charge in [-0.2, -0.15) is 11.8 Å². The number of carbonyl (C=O) groups excluding carboxylic acids is 1. The molecule has 14 heavy (non-hydrogen) atoms. The van der Waals surface area contributed by atoms with Crippen LogP contribution in [0.15, 0.2) is 0 Å². The molecule has 0 spiro atoms. The van der Waals surface area contributed by atoms with Gasteiger partial charge in [0.05, 0.1) is 5.25 Å². The summed E-state index contributed by atoms with van der Waals surface area (Å²) in [7, 11) is 0. The zero-order valence-corrected chi connectivity index (χ0v) is 10.7. The number of thioether (sulfide) groups is 1. The first-order valence-electron chi connectivity index (χ1n) is 5.84. The van der Waals surface area contributed by atoms with Crippen LogP contribution in [0, 0.1) is 0 Å². The van der Waals surface area contributed by atoms with Gasteiger partial charge >= 0.3 is 0 Å². The van der Waals surface area contributed by atoms with Crippen molar-refractivity contribution in [2.75, 3.05) is 5.75 Å². The largest absolute Gasteiger partial charge is 0.299 e. The van der Waals surface area contributed by atoms with Crippen molar-refractivity contribution in [3.63, 3.8) is 0 Å². The van der Waals surface area contributed by atoms with E-state index in [2.05, 4.69) is 13.8 Å². The third kappa shape index (κ3) is 7.43. The van der Waals surface area contributed by atoms with E-state index in [-0.39, 0.29) is 5.25 Å². The van der Waals surface area contributed by atoms with Gasteiger partial charge in [0.1, 0.15) is 5.78 Å². The molecule has 0 saturated heterocycles. The maximum absolute atomic E-state index is 11.3. The van der Waals surface area contributed by atoms with Crippen LogP contribution in [0.5, 0.6) is 0 Å². The summed E-state index contributed by atoms with van der Waals surface area (Å²) in [5.74, 6) is 1.52. The third-order valence-corrected chi connectivity index (χ3v) is 3.83. The molecule has 0 aromatic carbocycles. The Morgan fingerprint density at radius 2 is 1.79 bits per heavy atom. The minimum atomic E-state index is 0.270. The van der Waals surface area contributed by atoms with Crippen LogP contribution in [0.2, 0.25) is 0 Å². The van der Waals surface area contributed by atoms with Crippen LogP contribution in [-0.4, -0.2) is 16.8 Å².